The summed E-state index contributed by atoms with van der Waals surface area (Å²) < 4.78 is 36.8. The van der Waals surface area contributed by atoms with Crippen molar-refractivity contribution in [2.45, 2.75) is 37.6 Å². The minimum absolute atomic E-state index is 0.00968. The maximum Gasteiger partial charge on any atom is 0.284 e. The Labute approximate surface area is 243 Å². The number of nitriles is 1. The molecule has 0 fully saturated rings. The van der Waals surface area contributed by atoms with Crippen LogP contribution < -0.4 is 21.3 Å². The van der Waals surface area contributed by atoms with Crippen molar-refractivity contribution in [1.82, 2.24) is 4.57 Å². The number of nitrogens with one attached hydrogen (secondary N) is 1. The number of carbonyl (C=O) groups excluding carboxylic acids is 2. The standard InChI is InChI=1S/C31H29N5O5S/c1-21-10-13-27(14-11-21)42(39,40)35-29-15-12-26(18-36(29)19-28(33)37)41-25-9-5-8-24(17-25)34-30(38)22-6-4-7-23(16-22)31(2,3)20-32/h4-18H,19H2,1-3H3,(H2,33,37)(H,34,38)/b35-29-. The maximum absolute atomic E-state index is 12.9. The van der Waals surface area contributed by atoms with E-state index in [1.165, 1.54) is 35.0 Å². The molecule has 0 bridgehead atoms. The quantitative estimate of drug-likeness (QED) is 0.297. The van der Waals surface area contributed by atoms with Crippen molar-refractivity contribution >= 4 is 27.5 Å². The van der Waals surface area contributed by atoms with Crippen molar-refractivity contribution in [1.29, 1.82) is 5.26 Å². The largest absolute Gasteiger partial charge is 0.456 e. The zero-order valence-electron chi connectivity index (χ0n) is 23.2. The molecule has 4 rings (SSSR count). The van der Waals surface area contributed by atoms with Crippen LogP contribution in [-0.2, 0) is 26.8 Å². The molecule has 0 aliphatic heterocycles. The van der Waals surface area contributed by atoms with Crippen LogP contribution in [0.15, 0.2) is 100 Å². The Morgan fingerprint density at radius 3 is 2.40 bits per heavy atom. The van der Waals surface area contributed by atoms with E-state index in [2.05, 4.69) is 15.8 Å². The van der Waals surface area contributed by atoms with Gasteiger partial charge in [0.1, 0.15) is 23.5 Å². The van der Waals surface area contributed by atoms with Crippen LogP contribution in [0.1, 0.15) is 35.3 Å². The number of nitrogens with two attached hydrogens (primary N) is 1. The van der Waals surface area contributed by atoms with E-state index in [1.54, 1.807) is 74.5 Å². The molecule has 1 heterocycles. The van der Waals surface area contributed by atoms with Crippen molar-refractivity contribution < 1.29 is 22.7 Å². The molecule has 0 spiro atoms. The molecule has 0 atom stereocenters. The van der Waals surface area contributed by atoms with E-state index >= 15 is 0 Å². The van der Waals surface area contributed by atoms with E-state index in [0.717, 1.165) is 11.1 Å². The summed E-state index contributed by atoms with van der Waals surface area (Å²) in [6, 6.07) is 24.9. The smallest absolute Gasteiger partial charge is 0.284 e. The molecule has 10 nitrogen and oxygen atoms in total. The maximum atomic E-state index is 12.9. The lowest BCUT2D eigenvalue weighted by Crippen LogP contribution is -2.28. The molecule has 1 aromatic heterocycles. The van der Waals surface area contributed by atoms with E-state index in [1.807, 2.05) is 6.92 Å². The average molecular weight is 584 g/mol. The number of aromatic nitrogens is 1. The molecule has 4 aromatic rings. The van der Waals surface area contributed by atoms with Gasteiger partial charge < -0.3 is 20.4 Å². The van der Waals surface area contributed by atoms with Gasteiger partial charge >= 0.3 is 0 Å². The summed E-state index contributed by atoms with van der Waals surface area (Å²) in [7, 11) is -4.06. The number of anilines is 1. The number of benzene rings is 3. The Hall–Kier alpha value is -5.21. The van der Waals surface area contributed by atoms with Crippen LogP contribution in [0.2, 0.25) is 0 Å². The Morgan fingerprint density at radius 1 is 1.00 bits per heavy atom. The van der Waals surface area contributed by atoms with E-state index in [-0.39, 0.29) is 28.6 Å². The molecule has 3 N–H and O–H groups in total. The van der Waals surface area contributed by atoms with E-state index in [0.29, 0.717) is 17.0 Å². The normalized spacial score (nSPS) is 11.9. The molecule has 42 heavy (non-hydrogen) atoms. The molecule has 0 saturated heterocycles. The number of ether oxygens (including phenoxy) is 1. The van der Waals surface area contributed by atoms with Crippen LogP contribution in [-0.4, -0.2) is 24.8 Å². The minimum atomic E-state index is -4.06. The zero-order valence-corrected chi connectivity index (χ0v) is 24.1. The molecule has 0 aliphatic carbocycles. The number of hydrogen-bond acceptors (Lipinski definition) is 6. The van der Waals surface area contributed by atoms with Gasteiger partial charge in [-0.15, -0.1) is 4.40 Å². The second-order valence-electron chi connectivity index (χ2n) is 10.1. The van der Waals surface area contributed by atoms with Crippen molar-refractivity contribution in [3.63, 3.8) is 0 Å². The van der Waals surface area contributed by atoms with E-state index in [4.69, 9.17) is 10.5 Å². The number of primary amides is 1. The molecule has 214 valence electrons. The Bertz CT molecular complexity index is 1870. The monoisotopic (exact) mass is 583 g/mol. The molecule has 0 aliphatic rings. The van der Waals surface area contributed by atoms with Gasteiger partial charge in [-0.25, -0.2) is 0 Å². The molecular formula is C31H29N5O5S. The fourth-order valence-corrected chi connectivity index (χ4v) is 4.93. The number of sulfonamides is 1. The number of pyridine rings is 1. The first-order chi connectivity index (χ1) is 19.9. The van der Waals surface area contributed by atoms with Crippen LogP contribution in [0, 0.1) is 18.3 Å². The highest BCUT2D eigenvalue weighted by Gasteiger charge is 2.21. The molecule has 2 amide bonds. The number of hydrogen-bond donors (Lipinski definition) is 2. The van der Waals surface area contributed by atoms with Crippen molar-refractivity contribution in [2.24, 2.45) is 10.1 Å². The van der Waals surface area contributed by atoms with Gasteiger partial charge in [-0.3, -0.25) is 9.59 Å². The summed E-state index contributed by atoms with van der Waals surface area (Å²) in [5.74, 6) is -0.413. The first-order valence-electron chi connectivity index (χ1n) is 12.8. The van der Waals surface area contributed by atoms with Crippen molar-refractivity contribution in [3.8, 4) is 17.6 Å². The Kier molecular flexibility index (Phi) is 8.59. The minimum Gasteiger partial charge on any atom is -0.456 e. The number of aryl methyl sites for hydroxylation is 1. The molecule has 0 unspecified atom stereocenters. The fraction of sp³-hybridized carbons (Fsp3) is 0.161. The van der Waals surface area contributed by atoms with Gasteiger partial charge in [0.25, 0.3) is 15.9 Å². The lowest BCUT2D eigenvalue weighted by atomic mass is 9.85. The number of nitrogens with zero attached hydrogens (tertiary/aromatic N) is 3. The Balaban J connectivity index is 1.58. The van der Waals surface area contributed by atoms with Crippen LogP contribution in [0.25, 0.3) is 0 Å². The van der Waals surface area contributed by atoms with Gasteiger partial charge in [-0.1, -0.05) is 35.9 Å². The van der Waals surface area contributed by atoms with Crippen molar-refractivity contribution in [2.75, 3.05) is 5.32 Å². The Morgan fingerprint density at radius 2 is 1.71 bits per heavy atom. The van der Waals surface area contributed by atoms with Crippen LogP contribution in [0.3, 0.4) is 0 Å². The van der Waals surface area contributed by atoms with E-state index < -0.39 is 21.3 Å². The molecule has 0 radical (unpaired) electrons. The zero-order chi connectivity index (χ0) is 30.5. The summed E-state index contributed by atoms with van der Waals surface area (Å²) in [6.07, 6.45) is 1.42. The fourth-order valence-electron chi connectivity index (χ4n) is 3.93. The third kappa shape index (κ3) is 7.30. The van der Waals surface area contributed by atoms with Gasteiger partial charge in [-0.2, -0.15) is 13.7 Å². The summed E-state index contributed by atoms with van der Waals surface area (Å²) in [6.45, 7) is 5.06. The van der Waals surface area contributed by atoms with Gasteiger partial charge in [0, 0.05) is 23.5 Å². The van der Waals surface area contributed by atoms with Gasteiger partial charge in [0.2, 0.25) is 5.91 Å². The highest BCUT2D eigenvalue weighted by atomic mass is 32.2. The highest BCUT2D eigenvalue weighted by molar-refractivity contribution is 7.90. The molecular weight excluding hydrogens is 554 g/mol. The van der Waals surface area contributed by atoms with E-state index in [9.17, 15) is 23.3 Å². The summed E-state index contributed by atoms with van der Waals surface area (Å²) >= 11 is 0. The third-order valence-corrected chi connectivity index (χ3v) is 7.58. The van der Waals surface area contributed by atoms with Gasteiger partial charge in [-0.05, 0) is 74.9 Å². The predicted octanol–water partition coefficient (Wildman–Crippen LogP) is 4.42. The number of rotatable bonds is 9. The lowest BCUT2D eigenvalue weighted by Gasteiger charge is -2.16. The predicted molar refractivity (Wildman–Crippen MR) is 157 cm³/mol. The van der Waals surface area contributed by atoms with Crippen LogP contribution >= 0.6 is 0 Å². The first kappa shape index (κ1) is 29.8. The third-order valence-electron chi connectivity index (χ3n) is 6.29. The second kappa shape index (κ2) is 12.1. The van der Waals surface area contributed by atoms with Gasteiger partial charge in [0.05, 0.1) is 16.4 Å². The number of amides is 2. The van der Waals surface area contributed by atoms with Gasteiger partial charge in [0.15, 0.2) is 0 Å². The van der Waals surface area contributed by atoms with Crippen LogP contribution in [0.5, 0.6) is 11.5 Å². The van der Waals surface area contributed by atoms with Crippen LogP contribution in [0.4, 0.5) is 5.69 Å². The average Bonchev–Trinajstić information content (AvgIpc) is 2.94. The summed E-state index contributed by atoms with van der Waals surface area (Å²) in [4.78, 5) is 24.7. The first-order valence-corrected chi connectivity index (χ1v) is 14.3. The molecule has 0 saturated carbocycles. The summed E-state index contributed by atoms with van der Waals surface area (Å²) in [5.41, 5.74) is 7.12. The molecule has 11 heteroatoms. The SMILES string of the molecule is Cc1ccc(S(=O)(=O)/N=c2/ccc(Oc3cccc(NC(=O)c4cccc(C(C)(C)C#N)c4)c3)cn2CC(N)=O)cc1. The summed E-state index contributed by atoms with van der Waals surface area (Å²) in [5, 5.41) is 12.2. The topological polar surface area (TPSA) is 157 Å². The second-order valence-corrected chi connectivity index (χ2v) is 11.7. The number of carbonyl (C=O) groups is 2. The molecule has 3 aromatic carbocycles. The highest BCUT2D eigenvalue weighted by Crippen LogP contribution is 2.26. The van der Waals surface area contributed by atoms with Crippen molar-refractivity contribution in [3.05, 3.63) is 113 Å². The lowest BCUT2D eigenvalue weighted by molar-refractivity contribution is -0.118.